The Balaban J connectivity index is 1.50. The molecule has 3 heterocycles. The second-order valence-corrected chi connectivity index (χ2v) is 13.8. The van der Waals surface area contributed by atoms with Gasteiger partial charge in [-0.25, -0.2) is 23.2 Å². The van der Waals surface area contributed by atoms with Crippen LogP contribution in [0.3, 0.4) is 0 Å². The minimum Gasteiger partial charge on any atom is -0.444 e. The van der Waals surface area contributed by atoms with Gasteiger partial charge in [0.25, 0.3) is 0 Å². The number of anilines is 2. The standard InChI is InChI=1S/C29H33ClN6O4S/c1-29(2,3)40-28(37)36-16-15-35(17-20(36)11-13-31)26-21-12-14-34(18-23(21)32-27(33-26)41(4,38)39)24-10-6-8-19-7-5-9-22(30)25(19)24/h5-10,20H,11-12,14-18H2,1-4H3/t20-/m0/s1. The maximum absolute atomic E-state index is 12.9. The van der Waals surface area contributed by atoms with Gasteiger partial charge < -0.3 is 19.4 Å². The molecule has 12 heteroatoms. The number of hydrogen-bond donors (Lipinski definition) is 0. The van der Waals surface area contributed by atoms with Crippen LogP contribution in [0.15, 0.2) is 41.6 Å². The predicted molar refractivity (Wildman–Crippen MR) is 158 cm³/mol. The Labute approximate surface area is 245 Å². The summed E-state index contributed by atoms with van der Waals surface area (Å²) >= 11 is 6.60. The van der Waals surface area contributed by atoms with Gasteiger partial charge in [0.05, 0.1) is 35.8 Å². The van der Waals surface area contributed by atoms with Gasteiger partial charge in [0, 0.05) is 49.1 Å². The van der Waals surface area contributed by atoms with Gasteiger partial charge in [-0.15, -0.1) is 0 Å². The summed E-state index contributed by atoms with van der Waals surface area (Å²) in [4.78, 5) is 27.7. The molecule has 1 amide bonds. The number of ether oxygens (including phenoxy) is 1. The molecule has 1 fully saturated rings. The Morgan fingerprint density at radius 3 is 2.54 bits per heavy atom. The van der Waals surface area contributed by atoms with Crippen molar-refractivity contribution in [2.75, 3.05) is 42.2 Å². The molecule has 1 saturated heterocycles. The van der Waals surface area contributed by atoms with Gasteiger partial charge in [-0.2, -0.15) is 5.26 Å². The minimum absolute atomic E-state index is 0.109. The van der Waals surface area contributed by atoms with E-state index in [1.807, 2.05) is 41.3 Å². The summed E-state index contributed by atoms with van der Waals surface area (Å²) in [6, 6.07) is 13.5. The predicted octanol–water partition coefficient (Wildman–Crippen LogP) is 4.59. The van der Waals surface area contributed by atoms with Gasteiger partial charge in [-0.05, 0) is 44.7 Å². The van der Waals surface area contributed by atoms with Crippen LogP contribution < -0.4 is 9.80 Å². The highest BCUT2D eigenvalue weighted by Crippen LogP contribution is 2.37. The number of carbonyl (C=O) groups is 1. The molecular weight excluding hydrogens is 564 g/mol. The summed E-state index contributed by atoms with van der Waals surface area (Å²) in [7, 11) is -3.71. The van der Waals surface area contributed by atoms with Crippen LogP contribution in [-0.4, -0.2) is 73.5 Å². The van der Waals surface area contributed by atoms with E-state index in [-0.39, 0.29) is 11.6 Å². The Morgan fingerprint density at radius 2 is 1.85 bits per heavy atom. The number of nitrogens with zero attached hydrogens (tertiary/aromatic N) is 6. The number of rotatable bonds is 4. The SMILES string of the molecule is CC(C)(C)OC(=O)N1CCN(c2nc(S(C)(=O)=O)nc3c2CCN(c2cccc4cccc(Cl)c24)C3)C[C@@H]1CC#N. The third-order valence-corrected chi connectivity index (χ3v) is 8.42. The number of sulfone groups is 1. The lowest BCUT2D eigenvalue weighted by atomic mass is 10.0. The second kappa shape index (κ2) is 11.0. The third kappa shape index (κ3) is 6.04. The van der Waals surface area contributed by atoms with E-state index in [0.717, 1.165) is 28.3 Å². The first-order chi connectivity index (χ1) is 19.4. The summed E-state index contributed by atoms with van der Waals surface area (Å²) in [6.45, 7) is 7.50. The quantitative estimate of drug-likeness (QED) is 0.398. The van der Waals surface area contributed by atoms with Crippen molar-refractivity contribution in [3.63, 3.8) is 0 Å². The maximum Gasteiger partial charge on any atom is 0.410 e. The third-order valence-electron chi connectivity index (χ3n) is 7.26. The van der Waals surface area contributed by atoms with Crippen LogP contribution in [-0.2, 0) is 27.5 Å². The summed E-state index contributed by atoms with van der Waals surface area (Å²) in [5.41, 5.74) is 1.81. The molecule has 10 nitrogen and oxygen atoms in total. The average Bonchev–Trinajstić information content (AvgIpc) is 2.90. The molecule has 0 aliphatic carbocycles. The van der Waals surface area contributed by atoms with Gasteiger partial charge in [-0.1, -0.05) is 35.9 Å². The Kier molecular flexibility index (Phi) is 7.74. The molecule has 0 radical (unpaired) electrons. The number of piperazine rings is 1. The molecule has 216 valence electrons. The molecule has 0 spiro atoms. The molecular formula is C29H33ClN6O4S. The normalized spacial score (nSPS) is 17.8. The molecule has 0 unspecified atom stereocenters. The number of benzene rings is 2. The maximum atomic E-state index is 12.9. The monoisotopic (exact) mass is 596 g/mol. The van der Waals surface area contributed by atoms with Crippen LogP contribution in [0.1, 0.15) is 38.4 Å². The van der Waals surface area contributed by atoms with E-state index in [9.17, 15) is 18.5 Å². The fraction of sp³-hybridized carbons (Fsp3) is 0.448. The first kappa shape index (κ1) is 28.9. The summed E-state index contributed by atoms with van der Waals surface area (Å²) in [5, 5.41) is 11.9. The van der Waals surface area contributed by atoms with Crippen LogP contribution in [0.2, 0.25) is 5.02 Å². The Morgan fingerprint density at radius 1 is 1.12 bits per heavy atom. The minimum atomic E-state index is -3.71. The number of amides is 1. The molecule has 3 aromatic rings. The van der Waals surface area contributed by atoms with E-state index in [1.54, 1.807) is 25.7 Å². The highest BCUT2D eigenvalue weighted by Gasteiger charge is 2.36. The van der Waals surface area contributed by atoms with Crippen molar-refractivity contribution < 1.29 is 17.9 Å². The highest BCUT2D eigenvalue weighted by molar-refractivity contribution is 7.90. The molecule has 1 atom stereocenters. The van der Waals surface area contributed by atoms with Gasteiger partial charge in [-0.3, -0.25) is 0 Å². The molecule has 2 aliphatic rings. The van der Waals surface area contributed by atoms with Crippen molar-refractivity contribution >= 4 is 49.8 Å². The number of aromatic nitrogens is 2. The van der Waals surface area contributed by atoms with Crippen LogP contribution in [0.4, 0.5) is 16.3 Å². The molecule has 5 rings (SSSR count). The number of fused-ring (bicyclic) bond motifs is 2. The van der Waals surface area contributed by atoms with Crippen LogP contribution in [0, 0.1) is 11.3 Å². The first-order valence-electron chi connectivity index (χ1n) is 13.5. The fourth-order valence-electron chi connectivity index (χ4n) is 5.45. The van der Waals surface area contributed by atoms with Gasteiger partial charge in [0.2, 0.25) is 15.0 Å². The van der Waals surface area contributed by atoms with E-state index in [1.165, 1.54) is 0 Å². The zero-order chi connectivity index (χ0) is 29.5. The lowest BCUT2D eigenvalue weighted by molar-refractivity contribution is 0.0144. The topological polar surface area (TPSA) is 120 Å². The van der Waals surface area contributed by atoms with Gasteiger partial charge in [0.1, 0.15) is 11.4 Å². The molecule has 2 aliphatic heterocycles. The van der Waals surface area contributed by atoms with Gasteiger partial charge in [0.15, 0.2) is 0 Å². The molecule has 41 heavy (non-hydrogen) atoms. The van der Waals surface area contributed by atoms with Crippen molar-refractivity contribution in [3.8, 4) is 6.07 Å². The molecule has 0 N–H and O–H groups in total. The van der Waals surface area contributed by atoms with Crippen molar-refractivity contribution in [1.82, 2.24) is 14.9 Å². The lowest BCUT2D eigenvalue weighted by Crippen LogP contribution is -2.56. The molecule has 0 saturated carbocycles. The van der Waals surface area contributed by atoms with Crippen molar-refractivity contribution in [1.29, 1.82) is 5.26 Å². The van der Waals surface area contributed by atoms with Crippen molar-refractivity contribution in [2.24, 2.45) is 0 Å². The van der Waals surface area contributed by atoms with Gasteiger partial charge >= 0.3 is 6.09 Å². The van der Waals surface area contributed by atoms with Crippen LogP contribution >= 0.6 is 11.6 Å². The van der Waals surface area contributed by atoms with E-state index in [0.29, 0.717) is 55.7 Å². The zero-order valence-electron chi connectivity index (χ0n) is 23.6. The van der Waals surface area contributed by atoms with Crippen LogP contribution in [0.25, 0.3) is 10.8 Å². The lowest BCUT2D eigenvalue weighted by Gasteiger charge is -2.42. The molecule has 0 bridgehead atoms. The Hall–Kier alpha value is -3.62. The number of hydrogen-bond acceptors (Lipinski definition) is 9. The number of halogens is 1. The number of nitriles is 1. The molecule has 2 aromatic carbocycles. The summed E-state index contributed by atoms with van der Waals surface area (Å²) in [5.74, 6) is 0.540. The number of carbonyl (C=O) groups excluding carboxylic acids is 1. The zero-order valence-corrected chi connectivity index (χ0v) is 25.2. The highest BCUT2D eigenvalue weighted by atomic mass is 35.5. The van der Waals surface area contributed by atoms with E-state index < -0.39 is 27.6 Å². The fourth-order valence-corrected chi connectivity index (χ4v) is 6.26. The van der Waals surface area contributed by atoms with E-state index in [4.69, 9.17) is 16.3 Å². The van der Waals surface area contributed by atoms with E-state index >= 15 is 0 Å². The van der Waals surface area contributed by atoms with Crippen molar-refractivity contribution in [3.05, 3.63) is 52.7 Å². The molecule has 1 aromatic heterocycles. The summed E-state index contributed by atoms with van der Waals surface area (Å²) < 4.78 is 30.9. The van der Waals surface area contributed by atoms with Crippen LogP contribution in [0.5, 0.6) is 0 Å². The first-order valence-corrected chi connectivity index (χ1v) is 15.8. The average molecular weight is 597 g/mol. The van der Waals surface area contributed by atoms with E-state index in [2.05, 4.69) is 20.9 Å². The Bertz CT molecular complexity index is 1640. The summed E-state index contributed by atoms with van der Waals surface area (Å²) in [6.07, 6.45) is 1.33. The smallest absolute Gasteiger partial charge is 0.410 e. The van der Waals surface area contributed by atoms with Crippen molar-refractivity contribution in [2.45, 2.75) is 57.0 Å². The second-order valence-electron chi connectivity index (χ2n) is 11.4. The largest absolute Gasteiger partial charge is 0.444 e.